The van der Waals surface area contributed by atoms with E-state index in [1.54, 1.807) is 26.0 Å². The van der Waals surface area contributed by atoms with Gasteiger partial charge in [-0.1, -0.05) is 35.4 Å². The van der Waals surface area contributed by atoms with Gasteiger partial charge < -0.3 is 5.11 Å². The van der Waals surface area contributed by atoms with Gasteiger partial charge in [0.05, 0.1) is 33.9 Å². The number of phenols is 1. The molecule has 2 aromatic carbocycles. The second kappa shape index (κ2) is 8.22. The van der Waals surface area contributed by atoms with Crippen molar-refractivity contribution in [1.82, 2.24) is 5.06 Å². The van der Waals surface area contributed by atoms with Crippen molar-refractivity contribution in [3.8, 4) is 5.75 Å². The zero-order chi connectivity index (χ0) is 27.3. The van der Waals surface area contributed by atoms with E-state index in [2.05, 4.69) is 0 Å². The molecule has 196 valence electrons. The minimum atomic E-state index is -1.28. The lowest BCUT2D eigenvalue weighted by atomic mass is 9.51. The van der Waals surface area contributed by atoms with Gasteiger partial charge in [0.1, 0.15) is 11.6 Å². The van der Waals surface area contributed by atoms with Crippen molar-refractivity contribution in [2.45, 2.75) is 32.6 Å². The maximum absolute atomic E-state index is 14.2. The van der Waals surface area contributed by atoms with Crippen LogP contribution in [-0.4, -0.2) is 39.0 Å². The molecule has 2 saturated heterocycles. The Bertz CT molecular complexity index is 1490. The van der Waals surface area contributed by atoms with E-state index in [4.69, 9.17) is 11.6 Å². The van der Waals surface area contributed by atoms with Crippen LogP contribution in [0.15, 0.2) is 48.0 Å². The summed E-state index contributed by atoms with van der Waals surface area (Å²) in [7, 11) is 0. The van der Waals surface area contributed by atoms with Gasteiger partial charge in [-0.15, -0.1) is 0 Å². The van der Waals surface area contributed by atoms with Crippen molar-refractivity contribution in [3.63, 3.8) is 0 Å². The van der Waals surface area contributed by atoms with E-state index in [1.807, 2.05) is 6.08 Å². The first-order valence-electron chi connectivity index (χ1n) is 12.4. The highest BCUT2D eigenvalue weighted by molar-refractivity contribution is 6.31. The maximum atomic E-state index is 14.2. The van der Waals surface area contributed by atoms with Crippen LogP contribution in [0.4, 0.5) is 10.1 Å². The maximum Gasteiger partial charge on any atom is 0.257 e. The number of anilines is 1. The van der Waals surface area contributed by atoms with E-state index in [0.717, 1.165) is 16.5 Å². The molecular weight excluding hydrogens is 515 g/mol. The number of hydrogen-bond donors (Lipinski definition) is 2. The summed E-state index contributed by atoms with van der Waals surface area (Å²) in [4.78, 5) is 54.7. The topological polar surface area (TPSA) is 115 Å². The molecule has 4 aliphatic rings. The Labute approximate surface area is 222 Å². The molecule has 2 N–H and O–H groups in total. The molecule has 6 unspecified atom stereocenters. The molecule has 2 aromatic rings. The molecule has 10 heteroatoms. The van der Waals surface area contributed by atoms with Crippen LogP contribution in [0.3, 0.4) is 0 Å². The van der Waals surface area contributed by atoms with Gasteiger partial charge in [0, 0.05) is 5.92 Å². The Hall–Kier alpha value is -3.56. The summed E-state index contributed by atoms with van der Waals surface area (Å²) in [5.74, 6) is -6.65. The molecule has 4 amide bonds. The molecule has 0 bridgehead atoms. The van der Waals surface area contributed by atoms with Gasteiger partial charge >= 0.3 is 0 Å². The number of nitrogens with zero attached hydrogens (tertiary/aromatic N) is 2. The molecule has 2 aliphatic carbocycles. The molecule has 0 spiro atoms. The second-order valence-corrected chi connectivity index (χ2v) is 11.2. The van der Waals surface area contributed by atoms with Crippen molar-refractivity contribution < 1.29 is 33.9 Å². The van der Waals surface area contributed by atoms with Crippen LogP contribution in [0, 0.1) is 41.8 Å². The van der Waals surface area contributed by atoms with Crippen LogP contribution < -0.4 is 4.90 Å². The molecule has 6 atom stereocenters. The highest BCUT2D eigenvalue weighted by atomic mass is 35.5. The first kappa shape index (κ1) is 24.8. The lowest BCUT2D eigenvalue weighted by molar-refractivity contribution is -0.173. The summed E-state index contributed by atoms with van der Waals surface area (Å²) in [5.41, 5.74) is 0.880. The molecule has 6 rings (SSSR count). The molecule has 0 radical (unpaired) electrons. The van der Waals surface area contributed by atoms with E-state index in [9.17, 15) is 33.9 Å². The van der Waals surface area contributed by atoms with Crippen LogP contribution in [0.25, 0.3) is 0 Å². The number of benzene rings is 2. The summed E-state index contributed by atoms with van der Waals surface area (Å²) in [6.45, 7) is 3.44. The minimum absolute atomic E-state index is 0.0735. The fraction of sp³-hybridized carbons (Fsp3) is 0.357. The Balaban J connectivity index is 1.54. The van der Waals surface area contributed by atoms with Crippen molar-refractivity contribution >= 4 is 40.9 Å². The molecule has 0 aromatic heterocycles. The fourth-order valence-electron chi connectivity index (χ4n) is 7.11. The van der Waals surface area contributed by atoms with Crippen LogP contribution >= 0.6 is 11.6 Å². The number of phenolic OH excluding ortho intramolecular Hbond substituents is 1. The quantitative estimate of drug-likeness (QED) is 0.338. The molecule has 1 saturated carbocycles. The lowest BCUT2D eigenvalue weighted by Crippen LogP contribution is -2.48. The Kier molecular flexibility index (Phi) is 5.35. The number of hydrogen-bond acceptors (Lipinski definition) is 6. The highest BCUT2D eigenvalue weighted by Crippen LogP contribution is 2.63. The van der Waals surface area contributed by atoms with Crippen molar-refractivity contribution in [2.75, 3.05) is 4.90 Å². The number of amides is 4. The smallest absolute Gasteiger partial charge is 0.257 e. The van der Waals surface area contributed by atoms with Crippen LogP contribution in [0.2, 0.25) is 5.02 Å². The van der Waals surface area contributed by atoms with Gasteiger partial charge in [0.15, 0.2) is 0 Å². The summed E-state index contributed by atoms with van der Waals surface area (Å²) in [5, 5.41) is 20.2. The molecule has 2 heterocycles. The molecule has 38 heavy (non-hydrogen) atoms. The number of carbonyl (C=O) groups is 4. The summed E-state index contributed by atoms with van der Waals surface area (Å²) in [6.07, 6.45) is 2.20. The first-order valence-corrected chi connectivity index (χ1v) is 12.7. The summed E-state index contributed by atoms with van der Waals surface area (Å²) < 4.78 is 13.9. The number of aromatic hydroxyl groups is 1. The van der Waals surface area contributed by atoms with Gasteiger partial charge in [-0.3, -0.25) is 24.4 Å². The van der Waals surface area contributed by atoms with Crippen LogP contribution in [0.5, 0.6) is 5.75 Å². The second-order valence-electron chi connectivity index (χ2n) is 10.8. The van der Waals surface area contributed by atoms with Crippen molar-refractivity contribution in [2.24, 2.45) is 29.1 Å². The van der Waals surface area contributed by atoms with Gasteiger partial charge in [-0.2, -0.15) is 5.06 Å². The Morgan fingerprint density at radius 3 is 2.45 bits per heavy atom. The number of fused-ring (bicyclic) bond motifs is 4. The normalized spacial score (nSPS) is 32.3. The standard InChI is InChI=1S/C28H24ClFN2O6/c1-12-9-13(3-8-21(12)33)23-15-5-6-16-22(26(36)32(38)24(16)34)17(15)11-18-25(35)31(27(37)28(18,23)2)14-4-7-20(30)19(29)10-14/h3-5,7-10,16-18,22-23,33,38H,6,11H2,1-2H3. The van der Waals surface area contributed by atoms with Crippen molar-refractivity contribution in [3.05, 3.63) is 70.0 Å². The average Bonchev–Trinajstić information content (AvgIpc) is 3.22. The number of halogens is 2. The molecule has 3 fully saturated rings. The predicted octanol–water partition coefficient (Wildman–Crippen LogP) is 4.11. The Morgan fingerprint density at radius 1 is 1.03 bits per heavy atom. The van der Waals surface area contributed by atoms with Gasteiger partial charge in [-0.25, -0.2) is 9.29 Å². The average molecular weight is 539 g/mol. The number of imide groups is 2. The number of allylic oxidation sites excluding steroid dienone is 2. The monoisotopic (exact) mass is 538 g/mol. The SMILES string of the molecule is Cc1cc(C2C3=CCC4C(=O)N(O)C(=O)C4C3CC3C(=O)N(c4ccc(F)c(Cl)c4)C(=O)C32C)ccc1O. The number of rotatable bonds is 2. The number of hydroxylamine groups is 2. The minimum Gasteiger partial charge on any atom is -0.508 e. The lowest BCUT2D eigenvalue weighted by Gasteiger charge is -2.49. The van der Waals surface area contributed by atoms with E-state index in [0.29, 0.717) is 11.1 Å². The number of carbonyl (C=O) groups excluding carboxylic acids is 4. The largest absolute Gasteiger partial charge is 0.508 e. The highest BCUT2D eigenvalue weighted by Gasteiger charge is 2.67. The van der Waals surface area contributed by atoms with Gasteiger partial charge in [-0.05, 0) is 68.0 Å². The van der Waals surface area contributed by atoms with E-state index < -0.39 is 64.5 Å². The number of aryl methyl sites for hydroxylation is 1. The van der Waals surface area contributed by atoms with E-state index >= 15 is 0 Å². The fourth-order valence-corrected chi connectivity index (χ4v) is 7.28. The predicted molar refractivity (Wildman–Crippen MR) is 133 cm³/mol. The van der Waals surface area contributed by atoms with Gasteiger partial charge in [0.25, 0.3) is 11.8 Å². The van der Waals surface area contributed by atoms with Crippen LogP contribution in [0.1, 0.15) is 36.8 Å². The van der Waals surface area contributed by atoms with E-state index in [1.165, 1.54) is 18.2 Å². The van der Waals surface area contributed by atoms with Gasteiger partial charge in [0.2, 0.25) is 11.8 Å². The Morgan fingerprint density at radius 2 is 1.76 bits per heavy atom. The van der Waals surface area contributed by atoms with Crippen molar-refractivity contribution in [1.29, 1.82) is 0 Å². The summed E-state index contributed by atoms with van der Waals surface area (Å²) in [6, 6.07) is 8.62. The molecule has 2 aliphatic heterocycles. The summed E-state index contributed by atoms with van der Waals surface area (Å²) >= 11 is 5.98. The zero-order valence-corrected chi connectivity index (χ0v) is 21.3. The molecule has 8 nitrogen and oxygen atoms in total. The van der Waals surface area contributed by atoms with Crippen LogP contribution in [-0.2, 0) is 19.2 Å². The third-order valence-corrected chi connectivity index (χ3v) is 9.26. The molecular formula is C28H24ClFN2O6. The zero-order valence-electron chi connectivity index (χ0n) is 20.5. The third kappa shape index (κ3) is 3.12. The van der Waals surface area contributed by atoms with E-state index in [-0.39, 0.29) is 34.4 Å². The third-order valence-electron chi connectivity index (χ3n) is 8.97. The first-order chi connectivity index (χ1) is 18.0.